The number of nitrogens with one attached hydrogen (secondary N) is 1. The molecule has 0 fully saturated rings. The second-order valence-corrected chi connectivity index (χ2v) is 11.3. The average molecular weight is 432 g/mol. The molecule has 2 heterocycles. The van der Waals surface area contributed by atoms with Crippen molar-refractivity contribution >= 4 is 42.1 Å². The van der Waals surface area contributed by atoms with Gasteiger partial charge in [0.25, 0.3) is 0 Å². The van der Waals surface area contributed by atoms with E-state index in [2.05, 4.69) is 45.1 Å². The summed E-state index contributed by atoms with van der Waals surface area (Å²) in [6.07, 6.45) is 0. The minimum absolute atomic E-state index is 0.0874. The van der Waals surface area contributed by atoms with Crippen molar-refractivity contribution in [1.29, 1.82) is 0 Å². The summed E-state index contributed by atoms with van der Waals surface area (Å²) < 4.78 is 23.9. The van der Waals surface area contributed by atoms with Crippen LogP contribution in [0.2, 0.25) is 0 Å². The Morgan fingerprint density at radius 2 is 1.75 bits per heavy atom. The van der Waals surface area contributed by atoms with Crippen LogP contribution in [0.3, 0.4) is 0 Å². The summed E-state index contributed by atoms with van der Waals surface area (Å²) in [4.78, 5) is 6.17. The molecule has 0 unspecified atom stereocenters. The normalized spacial score (nSPS) is 15.7. The van der Waals surface area contributed by atoms with Gasteiger partial charge in [0.1, 0.15) is 4.67 Å². The van der Waals surface area contributed by atoms with Gasteiger partial charge in [-0.05, 0) is 63.6 Å². The van der Waals surface area contributed by atoms with Gasteiger partial charge in [-0.25, -0.2) is 18.5 Å². The maximum atomic E-state index is 11.5. The Kier molecular flexibility index (Phi) is 4.50. The molecule has 3 N–H and O–H groups in total. The van der Waals surface area contributed by atoms with Crippen LogP contribution in [0.5, 0.6) is 0 Å². The lowest BCUT2D eigenvalue weighted by Crippen LogP contribution is -2.32. The summed E-state index contributed by atoms with van der Waals surface area (Å²) >= 11 is 0. The molecule has 28 heavy (non-hydrogen) atoms. The lowest BCUT2D eigenvalue weighted by Gasteiger charge is -2.34. The van der Waals surface area contributed by atoms with Crippen molar-refractivity contribution in [1.82, 2.24) is 0 Å². The van der Waals surface area contributed by atoms with Crippen LogP contribution in [0, 0.1) is 13.8 Å². The van der Waals surface area contributed by atoms with Crippen LogP contribution in [-0.2, 0) is 15.6 Å². The topological polar surface area (TPSA) is 84.5 Å². The zero-order chi connectivity index (χ0) is 20.3. The van der Waals surface area contributed by atoms with Gasteiger partial charge in [0.15, 0.2) is 0 Å². The predicted octanol–water partition coefficient (Wildman–Crippen LogP) is 4.63. The molecular formula is C20H21N3O2S3. The Morgan fingerprint density at radius 1 is 1.07 bits per heavy atom. The highest BCUT2D eigenvalue weighted by Gasteiger charge is 2.34. The highest BCUT2D eigenvalue weighted by atomic mass is 32.9. The molecule has 0 radical (unpaired) electrons. The molecule has 146 valence electrons. The summed E-state index contributed by atoms with van der Waals surface area (Å²) in [6, 6.07) is 10.7. The molecule has 0 amide bonds. The van der Waals surface area contributed by atoms with E-state index in [0.717, 1.165) is 15.9 Å². The van der Waals surface area contributed by atoms with E-state index in [0.29, 0.717) is 5.69 Å². The Hall–Kier alpha value is -2.00. The van der Waals surface area contributed by atoms with Gasteiger partial charge >= 0.3 is 0 Å². The number of rotatable bonds is 2. The Labute approximate surface area is 172 Å². The first-order valence-electron chi connectivity index (χ1n) is 8.77. The smallest absolute Gasteiger partial charge is 0.238 e. The summed E-state index contributed by atoms with van der Waals surface area (Å²) in [5, 5.41) is 8.87. The molecule has 1 aliphatic heterocycles. The highest BCUT2D eigenvalue weighted by molar-refractivity contribution is 7.89. The van der Waals surface area contributed by atoms with Crippen LogP contribution in [0.4, 0.5) is 11.4 Å². The first-order valence-corrected chi connectivity index (χ1v) is 12.5. The van der Waals surface area contributed by atoms with E-state index in [1.54, 1.807) is 32.8 Å². The van der Waals surface area contributed by atoms with Crippen molar-refractivity contribution in [3.63, 3.8) is 0 Å². The number of fused-ring (bicyclic) bond motifs is 3. The Bertz CT molecular complexity index is 1250. The van der Waals surface area contributed by atoms with Crippen molar-refractivity contribution < 1.29 is 8.42 Å². The third kappa shape index (κ3) is 3.30. The van der Waals surface area contributed by atoms with Gasteiger partial charge in [0, 0.05) is 16.8 Å². The van der Waals surface area contributed by atoms with Gasteiger partial charge in [-0.15, -0.1) is 0 Å². The summed E-state index contributed by atoms with van der Waals surface area (Å²) in [7, 11) is -0.336. The second kappa shape index (κ2) is 6.52. The molecule has 0 bridgehead atoms. The van der Waals surface area contributed by atoms with Crippen molar-refractivity contribution in [2.45, 2.75) is 38.1 Å². The van der Waals surface area contributed by atoms with Crippen LogP contribution in [0.1, 0.15) is 29.9 Å². The van der Waals surface area contributed by atoms with E-state index in [9.17, 15) is 8.42 Å². The van der Waals surface area contributed by atoms with Crippen LogP contribution in [0.25, 0.3) is 11.1 Å². The largest absolute Gasteiger partial charge is 0.374 e. The van der Waals surface area contributed by atoms with Gasteiger partial charge in [-0.3, -0.25) is 0 Å². The molecule has 5 nitrogen and oxygen atoms in total. The minimum atomic E-state index is -3.71. The van der Waals surface area contributed by atoms with Gasteiger partial charge in [-0.2, -0.15) is 0 Å². The van der Waals surface area contributed by atoms with Crippen molar-refractivity contribution in [2.24, 2.45) is 10.1 Å². The number of primary sulfonamides is 1. The lowest BCUT2D eigenvalue weighted by molar-refractivity contribution is 0.598. The maximum Gasteiger partial charge on any atom is 0.238 e. The predicted molar refractivity (Wildman–Crippen MR) is 117 cm³/mol. The fourth-order valence-corrected chi connectivity index (χ4v) is 6.97. The Morgan fingerprint density at radius 3 is 2.39 bits per heavy atom. The number of sulfonamides is 1. The molecular weight excluding hydrogens is 410 g/mol. The lowest BCUT2D eigenvalue weighted by atomic mass is 9.87. The zero-order valence-corrected chi connectivity index (χ0v) is 18.5. The van der Waals surface area contributed by atoms with Crippen molar-refractivity contribution in [3.05, 3.63) is 57.1 Å². The van der Waals surface area contributed by atoms with Gasteiger partial charge in [0.05, 0.1) is 21.0 Å². The number of nitrogens with zero attached hydrogens (tertiary/aromatic N) is 1. The van der Waals surface area contributed by atoms with E-state index in [1.807, 2.05) is 0 Å². The van der Waals surface area contributed by atoms with Crippen LogP contribution < -0.4 is 15.1 Å². The molecule has 0 atom stereocenters. The molecule has 0 saturated heterocycles. The van der Waals surface area contributed by atoms with Gasteiger partial charge in [0.2, 0.25) is 10.0 Å². The monoisotopic (exact) mass is 431 g/mol. The standard InChI is InChI=1S/C20H21N3O2S3/c1-11-9-12(2)17-15(10-11)16-18(20(3,4)23-17)26-27-19(16)22-13-5-7-14(8-6-13)28(21,24)25/h5-10,23H,1-4H3,(H2,21,24,25). The van der Waals surface area contributed by atoms with Crippen molar-refractivity contribution in [3.8, 4) is 11.1 Å². The fraction of sp³-hybridized carbons (Fsp3) is 0.250. The average Bonchev–Trinajstić information content (AvgIpc) is 3.01. The van der Waals surface area contributed by atoms with E-state index in [-0.39, 0.29) is 10.4 Å². The van der Waals surface area contributed by atoms with Crippen LogP contribution in [-0.4, -0.2) is 8.42 Å². The number of benzene rings is 2. The molecule has 4 rings (SSSR count). The fourth-order valence-electron chi connectivity index (χ4n) is 3.52. The molecule has 1 aliphatic rings. The zero-order valence-electron chi connectivity index (χ0n) is 16.0. The van der Waals surface area contributed by atoms with Crippen LogP contribution in [0.15, 0.2) is 46.3 Å². The maximum absolute atomic E-state index is 11.5. The van der Waals surface area contributed by atoms with E-state index >= 15 is 0 Å². The molecule has 0 spiro atoms. The SMILES string of the molecule is Cc1cc(C)c2c(c1)-c1c(ssc1=Nc1ccc(S(N)(=O)=O)cc1)C(C)(C)N2. The first kappa shape index (κ1) is 19.3. The molecule has 1 aromatic heterocycles. The van der Waals surface area contributed by atoms with E-state index in [4.69, 9.17) is 10.1 Å². The van der Waals surface area contributed by atoms with Crippen LogP contribution >= 0.6 is 20.7 Å². The van der Waals surface area contributed by atoms with Crippen molar-refractivity contribution in [2.75, 3.05) is 5.32 Å². The van der Waals surface area contributed by atoms with Gasteiger partial charge in [-0.1, -0.05) is 32.3 Å². The first-order chi connectivity index (χ1) is 13.1. The Balaban J connectivity index is 1.93. The molecule has 0 aliphatic carbocycles. The van der Waals surface area contributed by atoms with E-state index < -0.39 is 10.0 Å². The highest BCUT2D eigenvalue weighted by Crippen LogP contribution is 2.46. The van der Waals surface area contributed by atoms with Gasteiger partial charge < -0.3 is 5.32 Å². The number of anilines is 1. The van der Waals surface area contributed by atoms with E-state index in [1.165, 1.54) is 33.7 Å². The third-order valence-electron chi connectivity index (χ3n) is 4.80. The number of hydrogen-bond donors (Lipinski definition) is 2. The summed E-state index contributed by atoms with van der Waals surface area (Å²) in [6.45, 7) is 8.59. The number of aryl methyl sites for hydroxylation is 2. The molecule has 2 aromatic carbocycles. The molecule has 8 heteroatoms. The quantitative estimate of drug-likeness (QED) is 0.580. The second-order valence-electron chi connectivity index (χ2n) is 7.58. The number of hydrogen-bond acceptors (Lipinski definition) is 6. The minimum Gasteiger partial charge on any atom is -0.374 e. The third-order valence-corrected chi connectivity index (χ3v) is 8.37. The summed E-state index contributed by atoms with van der Waals surface area (Å²) in [5.41, 5.74) is 6.42. The summed E-state index contributed by atoms with van der Waals surface area (Å²) in [5.74, 6) is 0. The number of nitrogens with two attached hydrogens (primary N) is 1. The molecule has 0 saturated carbocycles. The molecule has 3 aromatic rings.